The lowest BCUT2D eigenvalue weighted by molar-refractivity contribution is -0.125. The lowest BCUT2D eigenvalue weighted by Crippen LogP contribution is -2.30. The number of carbonyl (C=O) groups excluding carboxylic acids is 1. The maximum absolute atomic E-state index is 11.2. The van der Waals surface area contributed by atoms with E-state index in [9.17, 15) is 9.70 Å². The third kappa shape index (κ3) is 1.95. The Labute approximate surface area is 104 Å². The van der Waals surface area contributed by atoms with Crippen LogP contribution in [0.4, 0.5) is 0 Å². The van der Waals surface area contributed by atoms with Gasteiger partial charge in [-0.25, -0.2) is 0 Å². The maximum atomic E-state index is 11.2. The molecule has 1 aliphatic heterocycles. The number of benzene rings is 1. The monoisotopic (exact) mass is 250 g/mol. The molecule has 0 aliphatic carbocycles. The van der Waals surface area contributed by atoms with Crippen molar-refractivity contribution in [2.75, 3.05) is 0 Å². The molecule has 0 spiro atoms. The molecule has 0 saturated carbocycles. The Bertz CT molecular complexity index is 513. The molecule has 2 N–H and O–H groups in total. The molecule has 0 saturated heterocycles. The average Bonchev–Trinajstić information content (AvgIpc) is 2.37. The molecule has 18 heavy (non-hydrogen) atoms. The van der Waals surface area contributed by atoms with E-state index >= 15 is 0 Å². The number of nitrogens with zero attached hydrogens (tertiary/aromatic N) is 1. The Morgan fingerprint density at radius 2 is 2.28 bits per heavy atom. The molecule has 0 fully saturated rings. The first-order valence-corrected chi connectivity index (χ1v) is 5.62. The number of rotatable bonds is 2. The third-order valence-electron chi connectivity index (χ3n) is 3.21. The van der Waals surface area contributed by atoms with Crippen molar-refractivity contribution in [2.24, 2.45) is 11.1 Å². The second kappa shape index (κ2) is 4.73. The lowest BCUT2D eigenvalue weighted by Gasteiger charge is -2.26. The van der Waals surface area contributed by atoms with Gasteiger partial charge in [-0.2, -0.15) is 5.90 Å². The van der Waals surface area contributed by atoms with Crippen molar-refractivity contribution in [1.82, 2.24) is 0 Å². The van der Waals surface area contributed by atoms with Gasteiger partial charge in [0.15, 0.2) is 11.9 Å². The van der Waals surface area contributed by atoms with E-state index in [-0.39, 0.29) is 0 Å². The van der Waals surface area contributed by atoms with E-state index in [4.69, 9.17) is 15.5 Å². The fraction of sp³-hybridized carbons (Fsp3) is 0.417. The predicted molar refractivity (Wildman–Crippen MR) is 64.3 cm³/mol. The summed E-state index contributed by atoms with van der Waals surface area (Å²) in [5.74, 6) is 5.68. The number of nitroso groups, excluding NO2 is 1. The number of amides is 1. The Morgan fingerprint density at radius 1 is 1.56 bits per heavy atom. The molecule has 1 atom stereocenters. The van der Waals surface area contributed by atoms with Gasteiger partial charge in [0, 0.05) is 16.3 Å². The first kappa shape index (κ1) is 12.5. The summed E-state index contributed by atoms with van der Waals surface area (Å²) in [5, 5.41) is 2.41. The van der Waals surface area contributed by atoms with E-state index in [0.717, 1.165) is 16.7 Å². The molecule has 1 heterocycles. The van der Waals surface area contributed by atoms with Gasteiger partial charge in [-0.1, -0.05) is 0 Å². The first-order valence-electron chi connectivity index (χ1n) is 5.62. The van der Waals surface area contributed by atoms with Crippen LogP contribution in [0.3, 0.4) is 0 Å². The lowest BCUT2D eigenvalue weighted by atomic mass is 9.95. The summed E-state index contributed by atoms with van der Waals surface area (Å²) in [6.45, 7) is 3.72. The topological polar surface area (TPSA) is 91.0 Å². The van der Waals surface area contributed by atoms with Crippen LogP contribution in [0, 0.1) is 18.8 Å². The molecule has 0 bridgehead atoms. The normalized spacial score (nSPS) is 17.6. The average molecular weight is 250 g/mol. The van der Waals surface area contributed by atoms with Crippen LogP contribution in [0.2, 0.25) is 0 Å². The van der Waals surface area contributed by atoms with E-state index in [1.54, 1.807) is 6.07 Å². The first-order chi connectivity index (χ1) is 8.58. The van der Waals surface area contributed by atoms with E-state index in [0.29, 0.717) is 24.3 Å². The number of aryl methyl sites for hydroxylation is 1. The zero-order chi connectivity index (χ0) is 13.3. The number of hydrogen-bond acceptors (Lipinski definition) is 5. The van der Waals surface area contributed by atoms with E-state index < -0.39 is 12.0 Å². The Kier molecular flexibility index (Phi) is 3.29. The minimum Gasteiger partial charge on any atom is -0.480 e. The van der Waals surface area contributed by atoms with E-state index in [1.165, 1.54) is 0 Å². The van der Waals surface area contributed by atoms with Gasteiger partial charge in [-0.3, -0.25) is 4.79 Å². The van der Waals surface area contributed by atoms with Crippen LogP contribution in [0.5, 0.6) is 11.5 Å². The number of hydrogen-bond donors (Lipinski definition) is 1. The highest BCUT2D eigenvalue weighted by Gasteiger charge is 2.29. The zero-order valence-electron chi connectivity index (χ0n) is 10.2. The summed E-state index contributed by atoms with van der Waals surface area (Å²) in [6.07, 6.45) is 0.285. The molecule has 6 heteroatoms. The van der Waals surface area contributed by atoms with Gasteiger partial charge in [0.05, 0.1) is 0 Å². The van der Waals surface area contributed by atoms with Crippen LogP contribution in [0.1, 0.15) is 23.1 Å². The van der Waals surface area contributed by atoms with Crippen molar-refractivity contribution in [3.8, 4) is 11.5 Å². The van der Waals surface area contributed by atoms with Gasteiger partial charge in [-0.15, -0.1) is 4.91 Å². The van der Waals surface area contributed by atoms with Gasteiger partial charge >= 0.3 is 5.91 Å². The minimum atomic E-state index is -0.779. The van der Waals surface area contributed by atoms with Crippen LogP contribution < -0.4 is 15.5 Å². The Hall–Kier alpha value is -1.95. The van der Waals surface area contributed by atoms with E-state index in [2.05, 4.69) is 5.18 Å². The summed E-state index contributed by atoms with van der Waals surface area (Å²) < 4.78 is 5.51. The number of nitrogens with two attached hydrogens (primary N) is 1. The number of fused-ring (bicyclic) bond motifs is 1. The molecule has 1 aromatic rings. The Morgan fingerprint density at radius 3 is 2.89 bits per heavy atom. The van der Waals surface area contributed by atoms with Crippen molar-refractivity contribution in [3.63, 3.8) is 0 Å². The predicted octanol–water partition coefficient (Wildman–Crippen LogP) is 1.54. The number of carbonyl (C=O) groups is 1. The van der Waals surface area contributed by atoms with Crippen LogP contribution in [-0.2, 0) is 11.2 Å². The Balaban J connectivity index is 2.40. The highest BCUT2D eigenvalue weighted by atomic mass is 16.6. The second-order valence-corrected chi connectivity index (χ2v) is 4.32. The minimum absolute atomic E-state index is 0.436. The highest BCUT2D eigenvalue weighted by Crippen LogP contribution is 2.37. The van der Waals surface area contributed by atoms with Crippen LogP contribution >= 0.6 is 0 Å². The van der Waals surface area contributed by atoms with Crippen LogP contribution in [-0.4, -0.2) is 12.0 Å². The van der Waals surface area contributed by atoms with Crippen molar-refractivity contribution < 1.29 is 14.4 Å². The zero-order valence-corrected chi connectivity index (χ0v) is 10.2. The molecule has 1 amide bonds. The summed E-state index contributed by atoms with van der Waals surface area (Å²) >= 11 is 0. The molecular weight excluding hydrogens is 236 g/mol. The van der Waals surface area contributed by atoms with Crippen LogP contribution in [0.15, 0.2) is 11.2 Å². The highest BCUT2D eigenvalue weighted by molar-refractivity contribution is 5.82. The molecule has 1 aromatic carbocycles. The molecule has 0 aromatic heterocycles. The molecule has 6 nitrogen and oxygen atoms in total. The summed E-state index contributed by atoms with van der Waals surface area (Å²) in [7, 11) is 0. The van der Waals surface area contributed by atoms with Gasteiger partial charge in [-0.05, 0) is 38.3 Å². The second-order valence-electron chi connectivity index (χ2n) is 4.32. The van der Waals surface area contributed by atoms with Crippen LogP contribution in [0.25, 0.3) is 0 Å². The summed E-state index contributed by atoms with van der Waals surface area (Å²) in [6, 6.07) is 1.76. The number of ether oxygens (including phenoxy) is 1. The summed E-state index contributed by atoms with van der Waals surface area (Å²) in [4.78, 5) is 26.3. The fourth-order valence-electron chi connectivity index (χ4n) is 2.28. The van der Waals surface area contributed by atoms with Gasteiger partial charge < -0.3 is 9.57 Å². The molecule has 1 aliphatic rings. The molecule has 1 unspecified atom stereocenters. The molecular formula is C12H14N2O4. The largest absolute Gasteiger partial charge is 0.480 e. The van der Waals surface area contributed by atoms with Crippen molar-refractivity contribution >= 4 is 5.91 Å². The van der Waals surface area contributed by atoms with E-state index in [1.807, 2.05) is 13.8 Å². The molecule has 0 radical (unpaired) electrons. The smallest absolute Gasteiger partial charge is 0.326 e. The maximum Gasteiger partial charge on any atom is 0.326 e. The summed E-state index contributed by atoms with van der Waals surface area (Å²) in [5.41, 5.74) is 2.68. The quantitative estimate of drug-likeness (QED) is 0.635. The SMILES string of the molecule is Cc1cc2c(c(C)c1ON)CCC(C(=O)N=O)O2. The van der Waals surface area contributed by atoms with Gasteiger partial charge in [0.1, 0.15) is 5.75 Å². The fourth-order valence-corrected chi connectivity index (χ4v) is 2.28. The van der Waals surface area contributed by atoms with Gasteiger partial charge in [0.2, 0.25) is 0 Å². The van der Waals surface area contributed by atoms with Gasteiger partial charge in [0.25, 0.3) is 0 Å². The third-order valence-corrected chi connectivity index (χ3v) is 3.21. The van der Waals surface area contributed by atoms with Crippen molar-refractivity contribution in [2.45, 2.75) is 32.8 Å². The molecule has 2 rings (SSSR count). The standard InChI is InChI=1S/C12H14N2O4/c1-6-5-10-8(7(2)11(6)18-13)3-4-9(17-10)12(15)14-16/h5,9H,3-4,13H2,1-2H3. The van der Waals surface area contributed by atoms with Crippen molar-refractivity contribution in [3.05, 3.63) is 27.7 Å². The molecule has 96 valence electrons. The van der Waals surface area contributed by atoms with Crippen molar-refractivity contribution in [1.29, 1.82) is 0 Å².